The van der Waals surface area contributed by atoms with E-state index < -0.39 is 14.7 Å². The van der Waals surface area contributed by atoms with Gasteiger partial charge in [-0.1, -0.05) is 32.0 Å². The van der Waals surface area contributed by atoms with Gasteiger partial charge in [0, 0.05) is 11.5 Å². The first-order chi connectivity index (χ1) is 8.50. The maximum atomic E-state index is 6.01. The first-order valence-electron chi connectivity index (χ1n) is 6.09. The van der Waals surface area contributed by atoms with Crippen LogP contribution in [0.15, 0.2) is 24.3 Å². The van der Waals surface area contributed by atoms with Gasteiger partial charge in [0.05, 0.1) is 0 Å². The summed E-state index contributed by atoms with van der Waals surface area (Å²) in [5, 5.41) is 0. The standard InChI is InChI=1S/C13H16O.CH3.3ClH.Ti/c1-8-7-11-10-5-3-4-6-12(10)14-13(11)9(8)2;;;;;/h3-6,8-9,11,13H,7H2,1-2H3;1H3;3*1H;/q;-1;;;;+4/p-3. The van der Waals surface area contributed by atoms with Crippen molar-refractivity contribution in [1.29, 1.82) is 0 Å². The topological polar surface area (TPSA) is 9.23 Å². The van der Waals surface area contributed by atoms with Crippen molar-refractivity contribution in [2.24, 2.45) is 11.8 Å². The molecule has 1 fully saturated rings. The van der Waals surface area contributed by atoms with Gasteiger partial charge in [0.15, 0.2) is 0 Å². The van der Waals surface area contributed by atoms with Crippen molar-refractivity contribution >= 4 is 27.9 Å². The van der Waals surface area contributed by atoms with Crippen molar-refractivity contribution < 1.29 is 19.4 Å². The van der Waals surface area contributed by atoms with Crippen LogP contribution < -0.4 is 4.74 Å². The van der Waals surface area contributed by atoms with Crippen LogP contribution in [0.1, 0.15) is 31.7 Å². The number of fused-ring (bicyclic) bond motifs is 3. The van der Waals surface area contributed by atoms with Gasteiger partial charge >= 0.3 is 42.6 Å². The van der Waals surface area contributed by atoms with Crippen molar-refractivity contribution in [2.75, 3.05) is 0 Å². The van der Waals surface area contributed by atoms with Gasteiger partial charge in [0.2, 0.25) is 0 Å². The average molecular weight is 358 g/mol. The van der Waals surface area contributed by atoms with Crippen LogP contribution in [0.4, 0.5) is 0 Å². The molecule has 106 valence electrons. The van der Waals surface area contributed by atoms with Crippen LogP contribution in [-0.4, -0.2) is 6.10 Å². The Morgan fingerprint density at radius 3 is 2.37 bits per heavy atom. The summed E-state index contributed by atoms with van der Waals surface area (Å²) >= 11 is -1.92. The summed E-state index contributed by atoms with van der Waals surface area (Å²) in [5.41, 5.74) is 1.44. The van der Waals surface area contributed by atoms with E-state index in [2.05, 4.69) is 38.1 Å². The van der Waals surface area contributed by atoms with Gasteiger partial charge < -0.3 is 12.2 Å². The summed E-state index contributed by atoms with van der Waals surface area (Å²) in [6, 6.07) is 8.52. The molecule has 1 aliphatic heterocycles. The van der Waals surface area contributed by atoms with Crippen LogP contribution in [0.25, 0.3) is 0 Å². The third-order valence-electron chi connectivity index (χ3n) is 4.02. The quantitative estimate of drug-likeness (QED) is 0.426. The first-order valence-corrected chi connectivity index (χ1v) is 12.5. The third kappa shape index (κ3) is 4.05. The van der Waals surface area contributed by atoms with Gasteiger partial charge in [-0.3, -0.25) is 0 Å². The fraction of sp³-hybridized carbons (Fsp3) is 0.500. The summed E-state index contributed by atoms with van der Waals surface area (Å²) < 4.78 is 6.01. The van der Waals surface area contributed by atoms with Crippen LogP contribution in [0.5, 0.6) is 5.75 Å². The molecule has 19 heavy (non-hydrogen) atoms. The summed E-state index contributed by atoms with van der Waals surface area (Å²) in [5.74, 6) is 3.29. The zero-order valence-corrected chi connectivity index (χ0v) is 15.2. The molecule has 1 saturated carbocycles. The van der Waals surface area contributed by atoms with Crippen molar-refractivity contribution in [3.05, 3.63) is 37.3 Å². The average Bonchev–Trinajstić information content (AvgIpc) is 2.78. The van der Waals surface area contributed by atoms with Gasteiger partial charge in [-0.2, -0.15) is 0 Å². The molecule has 0 saturated heterocycles. The zero-order chi connectivity index (χ0) is 13.3. The van der Waals surface area contributed by atoms with Crippen LogP contribution in [-0.2, 0) is 14.7 Å². The molecule has 0 amide bonds. The van der Waals surface area contributed by atoms with Gasteiger partial charge in [-0.05, 0) is 24.3 Å². The Bertz CT molecular complexity index is 411. The third-order valence-corrected chi connectivity index (χ3v) is 4.02. The van der Waals surface area contributed by atoms with E-state index >= 15 is 0 Å². The number of hydrogen-bond acceptors (Lipinski definition) is 1. The first kappa shape index (κ1) is 17.7. The van der Waals surface area contributed by atoms with E-state index in [1.54, 1.807) is 0 Å². The zero-order valence-electron chi connectivity index (χ0n) is 11.4. The molecule has 2 aliphatic rings. The number of para-hydroxylation sites is 1. The van der Waals surface area contributed by atoms with Gasteiger partial charge in [0.1, 0.15) is 11.9 Å². The van der Waals surface area contributed by atoms with E-state index in [0.29, 0.717) is 17.9 Å². The van der Waals surface area contributed by atoms with E-state index in [0.717, 1.165) is 11.7 Å². The Morgan fingerprint density at radius 1 is 1.16 bits per heavy atom. The maximum absolute atomic E-state index is 6.01. The van der Waals surface area contributed by atoms with Gasteiger partial charge in [-0.15, -0.1) is 0 Å². The Kier molecular flexibility index (Phi) is 7.03. The van der Waals surface area contributed by atoms with E-state index in [1.807, 2.05) is 0 Å². The summed E-state index contributed by atoms with van der Waals surface area (Å²) in [6.07, 6.45) is 1.74. The normalized spacial score (nSPS) is 30.2. The fourth-order valence-electron chi connectivity index (χ4n) is 2.97. The van der Waals surface area contributed by atoms with Crippen molar-refractivity contribution in [1.82, 2.24) is 0 Å². The predicted molar refractivity (Wildman–Crippen MR) is 80.5 cm³/mol. The number of halogens is 3. The fourth-order valence-corrected chi connectivity index (χ4v) is 2.97. The molecule has 1 heterocycles. The number of ether oxygens (including phenoxy) is 1. The molecule has 0 N–H and O–H groups in total. The van der Waals surface area contributed by atoms with Crippen molar-refractivity contribution in [3.8, 4) is 5.75 Å². The summed E-state index contributed by atoms with van der Waals surface area (Å²) in [7, 11) is 14.9. The van der Waals surface area contributed by atoms with Crippen LogP contribution in [0, 0.1) is 19.3 Å². The van der Waals surface area contributed by atoms with Crippen LogP contribution in [0.3, 0.4) is 0 Å². The second kappa shape index (κ2) is 7.57. The monoisotopic (exact) mass is 356 g/mol. The predicted octanol–water partition coefficient (Wildman–Crippen LogP) is 5.72. The molecule has 0 radical (unpaired) electrons. The molecule has 0 spiro atoms. The van der Waals surface area contributed by atoms with E-state index in [1.165, 1.54) is 12.0 Å². The van der Waals surface area contributed by atoms with E-state index in [9.17, 15) is 0 Å². The SMILES string of the molecule is CC1CC2c3ccccc3OC2C1C.[CH3-].[Cl][Ti+]([Cl])[Cl]. The Labute approximate surface area is 134 Å². The van der Waals surface area contributed by atoms with E-state index in [4.69, 9.17) is 32.7 Å². The molecule has 1 nitrogen and oxygen atoms in total. The van der Waals surface area contributed by atoms with Crippen molar-refractivity contribution in [3.63, 3.8) is 0 Å². The Hall–Kier alpha value is 0.604. The minimum absolute atomic E-state index is 0. The molecule has 1 aliphatic carbocycles. The second-order valence-electron chi connectivity index (χ2n) is 5.01. The van der Waals surface area contributed by atoms with Gasteiger partial charge in [0.25, 0.3) is 0 Å². The summed E-state index contributed by atoms with van der Waals surface area (Å²) in [4.78, 5) is 0. The Morgan fingerprint density at radius 2 is 1.74 bits per heavy atom. The number of benzene rings is 1. The molecular weight excluding hydrogens is 338 g/mol. The molecule has 5 heteroatoms. The van der Waals surface area contributed by atoms with Crippen LogP contribution >= 0.6 is 27.9 Å². The van der Waals surface area contributed by atoms with Gasteiger partial charge in [-0.25, -0.2) is 0 Å². The molecular formula is C14H19Cl3OTi. The minimum atomic E-state index is -1.92. The van der Waals surface area contributed by atoms with Crippen LogP contribution in [0.2, 0.25) is 0 Å². The number of hydrogen-bond donors (Lipinski definition) is 0. The van der Waals surface area contributed by atoms with E-state index in [-0.39, 0.29) is 7.43 Å². The molecule has 0 bridgehead atoms. The molecule has 3 rings (SSSR count). The molecule has 1 aromatic carbocycles. The molecule has 1 aromatic rings. The van der Waals surface area contributed by atoms with Crippen molar-refractivity contribution in [2.45, 2.75) is 32.3 Å². The molecule has 4 atom stereocenters. The molecule has 0 aromatic heterocycles. The summed E-state index contributed by atoms with van der Waals surface area (Å²) in [6.45, 7) is 4.66. The second-order valence-corrected chi connectivity index (χ2v) is 12.8. The number of rotatable bonds is 0. The Balaban J connectivity index is 0.000000323. The molecule has 4 unspecified atom stereocenters.